The van der Waals surface area contributed by atoms with Crippen molar-refractivity contribution in [3.63, 3.8) is 0 Å². The zero-order chi connectivity index (χ0) is 14.4. The summed E-state index contributed by atoms with van der Waals surface area (Å²) in [5.74, 6) is 1.21. The number of anilines is 1. The monoisotopic (exact) mass is 264 g/mol. The van der Waals surface area contributed by atoms with Gasteiger partial charge < -0.3 is 10.6 Å². The van der Waals surface area contributed by atoms with Crippen LogP contribution in [0.3, 0.4) is 0 Å². The number of nitrogens with one attached hydrogen (secondary N) is 2. The highest BCUT2D eigenvalue weighted by atomic mass is 16.1. The molecule has 0 aliphatic carbocycles. The van der Waals surface area contributed by atoms with E-state index in [-0.39, 0.29) is 11.8 Å². The second kappa shape index (κ2) is 7.07. The Morgan fingerprint density at radius 2 is 2.05 bits per heavy atom. The Morgan fingerprint density at radius 3 is 2.58 bits per heavy atom. The fourth-order valence-corrected chi connectivity index (χ4v) is 1.52. The van der Waals surface area contributed by atoms with E-state index in [1.54, 1.807) is 13.2 Å². The van der Waals surface area contributed by atoms with Gasteiger partial charge in [-0.05, 0) is 5.92 Å². The van der Waals surface area contributed by atoms with Gasteiger partial charge in [0.25, 0.3) is 5.91 Å². The van der Waals surface area contributed by atoms with Gasteiger partial charge in [-0.2, -0.15) is 0 Å². The van der Waals surface area contributed by atoms with Gasteiger partial charge in [-0.25, -0.2) is 9.97 Å². The van der Waals surface area contributed by atoms with Gasteiger partial charge in [-0.15, -0.1) is 0 Å². The SMILES string of the molecule is CCC(C)CNC(=O)c1nc(C(C)C)ncc1NC. The van der Waals surface area contributed by atoms with Crippen molar-refractivity contribution in [2.24, 2.45) is 5.92 Å². The summed E-state index contributed by atoms with van der Waals surface area (Å²) < 4.78 is 0. The van der Waals surface area contributed by atoms with Crippen molar-refractivity contribution in [1.29, 1.82) is 0 Å². The topological polar surface area (TPSA) is 66.9 Å². The number of carbonyl (C=O) groups is 1. The largest absolute Gasteiger partial charge is 0.385 e. The normalized spacial score (nSPS) is 12.3. The van der Waals surface area contributed by atoms with Gasteiger partial charge in [0.05, 0.1) is 11.9 Å². The molecule has 0 radical (unpaired) electrons. The molecule has 0 aliphatic rings. The van der Waals surface area contributed by atoms with E-state index >= 15 is 0 Å². The second-order valence-electron chi connectivity index (χ2n) is 5.12. The maximum Gasteiger partial charge on any atom is 0.272 e. The van der Waals surface area contributed by atoms with E-state index in [1.165, 1.54) is 0 Å². The molecule has 1 atom stereocenters. The van der Waals surface area contributed by atoms with Crippen LogP contribution in [0.1, 0.15) is 56.3 Å². The van der Waals surface area contributed by atoms with E-state index in [2.05, 4.69) is 34.4 Å². The molecule has 1 unspecified atom stereocenters. The molecule has 19 heavy (non-hydrogen) atoms. The van der Waals surface area contributed by atoms with Gasteiger partial charge in [-0.3, -0.25) is 4.79 Å². The molecule has 0 spiro atoms. The minimum absolute atomic E-state index is 0.144. The second-order valence-corrected chi connectivity index (χ2v) is 5.12. The van der Waals surface area contributed by atoms with Crippen LogP contribution in [0.25, 0.3) is 0 Å². The van der Waals surface area contributed by atoms with Crippen LogP contribution in [0, 0.1) is 5.92 Å². The van der Waals surface area contributed by atoms with Crippen molar-refractivity contribution in [3.05, 3.63) is 17.7 Å². The number of carbonyl (C=O) groups excluding carboxylic acids is 1. The summed E-state index contributed by atoms with van der Waals surface area (Å²) in [5.41, 5.74) is 1.08. The van der Waals surface area contributed by atoms with E-state index in [1.807, 2.05) is 13.8 Å². The first-order chi connectivity index (χ1) is 8.99. The minimum atomic E-state index is -0.144. The molecule has 0 fully saturated rings. The number of nitrogens with zero attached hydrogens (tertiary/aromatic N) is 2. The molecule has 0 saturated heterocycles. The maximum absolute atomic E-state index is 12.2. The number of amides is 1. The van der Waals surface area contributed by atoms with Crippen molar-refractivity contribution in [3.8, 4) is 0 Å². The molecule has 0 aromatic carbocycles. The molecule has 1 heterocycles. The summed E-state index contributed by atoms with van der Waals surface area (Å²) in [6, 6.07) is 0. The Hall–Kier alpha value is -1.65. The number of hydrogen-bond acceptors (Lipinski definition) is 4. The van der Waals surface area contributed by atoms with E-state index in [4.69, 9.17) is 0 Å². The Bertz CT molecular complexity index is 431. The first-order valence-corrected chi connectivity index (χ1v) is 6.82. The molecule has 1 aromatic heterocycles. The van der Waals surface area contributed by atoms with Crippen LogP contribution in [0.5, 0.6) is 0 Å². The lowest BCUT2D eigenvalue weighted by molar-refractivity contribution is 0.0943. The van der Waals surface area contributed by atoms with Crippen LogP contribution in [0.15, 0.2) is 6.20 Å². The fraction of sp³-hybridized carbons (Fsp3) is 0.643. The fourth-order valence-electron chi connectivity index (χ4n) is 1.52. The molecule has 106 valence electrons. The molecule has 1 rings (SSSR count). The average Bonchev–Trinajstić information content (AvgIpc) is 2.43. The Balaban J connectivity index is 2.90. The Kier molecular flexibility index (Phi) is 5.73. The summed E-state index contributed by atoms with van der Waals surface area (Å²) in [6.45, 7) is 8.90. The number of hydrogen-bond donors (Lipinski definition) is 2. The minimum Gasteiger partial charge on any atom is -0.385 e. The molecule has 1 amide bonds. The summed E-state index contributed by atoms with van der Waals surface area (Å²) in [6.07, 6.45) is 2.71. The van der Waals surface area contributed by atoms with Crippen molar-refractivity contribution in [2.45, 2.75) is 40.0 Å². The Labute approximate surface area is 115 Å². The quantitative estimate of drug-likeness (QED) is 0.828. The third-order valence-electron chi connectivity index (χ3n) is 3.12. The van der Waals surface area contributed by atoms with Crippen LogP contribution in [0.4, 0.5) is 5.69 Å². The number of rotatable bonds is 6. The summed E-state index contributed by atoms with van der Waals surface area (Å²) in [5, 5.41) is 5.88. The van der Waals surface area contributed by atoms with Crippen LogP contribution >= 0.6 is 0 Å². The maximum atomic E-state index is 12.2. The summed E-state index contributed by atoms with van der Waals surface area (Å²) >= 11 is 0. The molecule has 5 heteroatoms. The van der Waals surface area contributed by atoms with Gasteiger partial charge in [0.15, 0.2) is 5.69 Å². The summed E-state index contributed by atoms with van der Waals surface area (Å²) in [7, 11) is 1.76. The Morgan fingerprint density at radius 1 is 1.37 bits per heavy atom. The first kappa shape index (κ1) is 15.4. The van der Waals surface area contributed by atoms with Crippen LogP contribution < -0.4 is 10.6 Å². The zero-order valence-corrected chi connectivity index (χ0v) is 12.4. The van der Waals surface area contributed by atoms with Gasteiger partial charge in [0.1, 0.15) is 5.82 Å². The molecule has 2 N–H and O–H groups in total. The van der Waals surface area contributed by atoms with Crippen LogP contribution in [0.2, 0.25) is 0 Å². The van der Waals surface area contributed by atoms with Gasteiger partial charge in [0.2, 0.25) is 0 Å². The van der Waals surface area contributed by atoms with Crippen molar-refractivity contribution in [1.82, 2.24) is 15.3 Å². The standard InChI is InChI=1S/C14H24N4O/c1-6-10(4)7-17-14(19)12-11(15-5)8-16-13(18-12)9(2)3/h8-10,15H,6-7H2,1-5H3,(H,17,19). The highest BCUT2D eigenvalue weighted by molar-refractivity contribution is 5.97. The predicted octanol–water partition coefficient (Wildman–Crippen LogP) is 2.42. The van der Waals surface area contributed by atoms with E-state index in [9.17, 15) is 4.79 Å². The third-order valence-corrected chi connectivity index (χ3v) is 3.12. The van der Waals surface area contributed by atoms with Crippen molar-refractivity contribution in [2.75, 3.05) is 18.9 Å². The van der Waals surface area contributed by atoms with Gasteiger partial charge in [-0.1, -0.05) is 34.1 Å². The van der Waals surface area contributed by atoms with Gasteiger partial charge >= 0.3 is 0 Å². The van der Waals surface area contributed by atoms with E-state index < -0.39 is 0 Å². The molecular formula is C14H24N4O. The first-order valence-electron chi connectivity index (χ1n) is 6.82. The van der Waals surface area contributed by atoms with Crippen LogP contribution in [-0.4, -0.2) is 29.5 Å². The van der Waals surface area contributed by atoms with E-state index in [0.717, 1.165) is 6.42 Å². The highest BCUT2D eigenvalue weighted by Crippen LogP contribution is 2.15. The molecule has 0 bridgehead atoms. The molecule has 5 nitrogen and oxygen atoms in total. The third kappa shape index (κ3) is 4.19. The van der Waals surface area contributed by atoms with Crippen molar-refractivity contribution >= 4 is 11.6 Å². The number of aromatic nitrogens is 2. The van der Waals surface area contributed by atoms with E-state index in [0.29, 0.717) is 29.7 Å². The van der Waals surface area contributed by atoms with Crippen LogP contribution in [-0.2, 0) is 0 Å². The molecule has 0 aliphatic heterocycles. The summed E-state index contributed by atoms with van der Waals surface area (Å²) in [4.78, 5) is 20.8. The van der Waals surface area contributed by atoms with Gasteiger partial charge in [0, 0.05) is 19.5 Å². The lowest BCUT2D eigenvalue weighted by atomic mass is 10.1. The highest BCUT2D eigenvalue weighted by Gasteiger charge is 2.16. The average molecular weight is 264 g/mol. The molecule has 1 aromatic rings. The lowest BCUT2D eigenvalue weighted by Gasteiger charge is -2.13. The lowest BCUT2D eigenvalue weighted by Crippen LogP contribution is -2.30. The molecular weight excluding hydrogens is 240 g/mol. The zero-order valence-electron chi connectivity index (χ0n) is 12.4. The predicted molar refractivity (Wildman–Crippen MR) is 77.5 cm³/mol. The smallest absolute Gasteiger partial charge is 0.272 e. The molecule has 0 saturated carbocycles. The van der Waals surface area contributed by atoms with Crippen molar-refractivity contribution < 1.29 is 4.79 Å².